The van der Waals surface area contributed by atoms with Gasteiger partial charge in [0.25, 0.3) is 5.56 Å². The number of imidazole rings is 1. The van der Waals surface area contributed by atoms with Crippen LogP contribution in [0, 0.1) is 0 Å². The quantitative estimate of drug-likeness (QED) is 0.668. The Morgan fingerprint density at radius 1 is 1.22 bits per heavy atom. The van der Waals surface area contributed by atoms with Crippen LogP contribution < -0.4 is 16.6 Å². The van der Waals surface area contributed by atoms with E-state index in [2.05, 4.69) is 27.2 Å². The third-order valence-electron chi connectivity index (χ3n) is 4.76. The molecule has 3 aromatic rings. The van der Waals surface area contributed by atoms with Crippen LogP contribution >= 0.6 is 0 Å². The van der Waals surface area contributed by atoms with Gasteiger partial charge in [-0.05, 0) is 37.8 Å². The maximum Gasteiger partial charge on any atom is 0.333 e. The van der Waals surface area contributed by atoms with Crippen molar-refractivity contribution in [3.05, 3.63) is 39.2 Å². The molecule has 1 fully saturated rings. The molecule has 0 saturated heterocycles. The van der Waals surface area contributed by atoms with E-state index in [4.69, 9.17) is 0 Å². The maximum atomic E-state index is 12.9. The SMILES string of the molecule is CCCNc1ccc(-c2nc3c([nH]2)c(=O)n(C2CC2)c(=O)n3CCC)cn1. The Hall–Kier alpha value is -2.90. The molecule has 0 radical (unpaired) electrons. The molecule has 1 aliphatic carbocycles. The van der Waals surface area contributed by atoms with Crippen molar-refractivity contribution in [2.45, 2.75) is 52.1 Å². The summed E-state index contributed by atoms with van der Waals surface area (Å²) in [5.74, 6) is 1.35. The highest BCUT2D eigenvalue weighted by Gasteiger charge is 2.29. The number of nitrogens with one attached hydrogen (secondary N) is 2. The van der Waals surface area contributed by atoms with Gasteiger partial charge in [-0.15, -0.1) is 0 Å². The van der Waals surface area contributed by atoms with Crippen LogP contribution in [0.2, 0.25) is 0 Å². The van der Waals surface area contributed by atoms with Crippen LogP contribution in [0.3, 0.4) is 0 Å². The van der Waals surface area contributed by atoms with E-state index >= 15 is 0 Å². The summed E-state index contributed by atoms with van der Waals surface area (Å²) in [5.41, 5.74) is 1.05. The number of hydrogen-bond acceptors (Lipinski definition) is 5. The average Bonchev–Trinajstić information content (AvgIpc) is 3.41. The van der Waals surface area contributed by atoms with Gasteiger partial charge in [-0.25, -0.2) is 14.8 Å². The summed E-state index contributed by atoms with van der Waals surface area (Å²) < 4.78 is 3.00. The zero-order chi connectivity index (χ0) is 19.0. The molecule has 8 heteroatoms. The maximum absolute atomic E-state index is 12.9. The number of fused-ring (bicyclic) bond motifs is 1. The fourth-order valence-corrected chi connectivity index (χ4v) is 3.24. The summed E-state index contributed by atoms with van der Waals surface area (Å²) >= 11 is 0. The Balaban J connectivity index is 1.81. The first kappa shape index (κ1) is 17.5. The third kappa shape index (κ3) is 3.15. The number of aryl methyl sites for hydroxylation is 1. The van der Waals surface area contributed by atoms with E-state index in [0.29, 0.717) is 23.5 Å². The lowest BCUT2D eigenvalue weighted by molar-refractivity contribution is 0.571. The number of pyridine rings is 1. The largest absolute Gasteiger partial charge is 0.370 e. The van der Waals surface area contributed by atoms with Crippen LogP contribution in [0.4, 0.5) is 5.82 Å². The molecular weight excluding hydrogens is 344 g/mol. The van der Waals surface area contributed by atoms with Crippen molar-refractivity contribution < 1.29 is 0 Å². The highest BCUT2D eigenvalue weighted by molar-refractivity contribution is 5.75. The Kier molecular flexibility index (Phi) is 4.55. The number of anilines is 1. The van der Waals surface area contributed by atoms with E-state index in [0.717, 1.165) is 43.6 Å². The molecule has 1 saturated carbocycles. The Morgan fingerprint density at radius 2 is 2.04 bits per heavy atom. The van der Waals surface area contributed by atoms with Crippen molar-refractivity contribution in [3.63, 3.8) is 0 Å². The van der Waals surface area contributed by atoms with Crippen molar-refractivity contribution >= 4 is 17.0 Å². The lowest BCUT2D eigenvalue weighted by Gasteiger charge is -2.09. The highest BCUT2D eigenvalue weighted by atomic mass is 16.2. The molecule has 142 valence electrons. The van der Waals surface area contributed by atoms with E-state index < -0.39 is 0 Å². The van der Waals surface area contributed by atoms with Crippen LogP contribution in [0.25, 0.3) is 22.6 Å². The molecule has 8 nitrogen and oxygen atoms in total. The van der Waals surface area contributed by atoms with E-state index in [1.165, 1.54) is 4.57 Å². The minimum Gasteiger partial charge on any atom is -0.370 e. The van der Waals surface area contributed by atoms with Gasteiger partial charge in [-0.2, -0.15) is 0 Å². The number of aromatic amines is 1. The molecular formula is C19H24N6O2. The lowest BCUT2D eigenvalue weighted by Crippen LogP contribution is -2.39. The molecule has 0 bridgehead atoms. The Labute approximate surface area is 156 Å². The van der Waals surface area contributed by atoms with Gasteiger partial charge in [0.05, 0.1) is 0 Å². The van der Waals surface area contributed by atoms with E-state index in [9.17, 15) is 9.59 Å². The molecule has 0 aliphatic heterocycles. The molecule has 27 heavy (non-hydrogen) atoms. The Bertz CT molecular complexity index is 1070. The van der Waals surface area contributed by atoms with Crippen molar-refractivity contribution in [3.8, 4) is 11.4 Å². The summed E-state index contributed by atoms with van der Waals surface area (Å²) in [6.07, 6.45) is 5.29. The fraction of sp³-hybridized carbons (Fsp3) is 0.474. The minimum atomic E-state index is -0.280. The zero-order valence-electron chi connectivity index (χ0n) is 15.7. The number of nitrogens with zero attached hydrogens (tertiary/aromatic N) is 4. The molecule has 0 unspecified atom stereocenters. The fourth-order valence-electron chi connectivity index (χ4n) is 3.24. The van der Waals surface area contributed by atoms with E-state index in [1.807, 2.05) is 19.1 Å². The van der Waals surface area contributed by atoms with E-state index in [1.54, 1.807) is 10.8 Å². The molecule has 0 aromatic carbocycles. The molecule has 0 spiro atoms. The third-order valence-corrected chi connectivity index (χ3v) is 4.76. The van der Waals surface area contributed by atoms with Crippen LogP contribution in [0.1, 0.15) is 45.6 Å². The molecule has 2 N–H and O–H groups in total. The first-order valence-electron chi connectivity index (χ1n) is 9.59. The second kappa shape index (κ2) is 7.02. The highest BCUT2D eigenvalue weighted by Crippen LogP contribution is 2.32. The van der Waals surface area contributed by atoms with Gasteiger partial charge in [0, 0.05) is 30.9 Å². The number of H-pyrrole nitrogens is 1. The predicted molar refractivity (Wildman–Crippen MR) is 105 cm³/mol. The second-order valence-electron chi connectivity index (χ2n) is 6.98. The first-order chi connectivity index (χ1) is 13.1. The average molecular weight is 368 g/mol. The van der Waals surface area contributed by atoms with Crippen molar-refractivity contribution in [2.75, 3.05) is 11.9 Å². The molecule has 3 heterocycles. The van der Waals surface area contributed by atoms with Crippen molar-refractivity contribution in [1.29, 1.82) is 0 Å². The molecule has 4 rings (SSSR count). The number of hydrogen-bond donors (Lipinski definition) is 2. The van der Waals surface area contributed by atoms with Gasteiger partial charge < -0.3 is 10.3 Å². The van der Waals surface area contributed by atoms with Gasteiger partial charge in [0.15, 0.2) is 5.65 Å². The zero-order valence-corrected chi connectivity index (χ0v) is 15.7. The molecule has 1 aliphatic rings. The first-order valence-corrected chi connectivity index (χ1v) is 9.59. The summed E-state index contributed by atoms with van der Waals surface area (Å²) in [7, 11) is 0. The molecule has 3 aromatic heterocycles. The lowest BCUT2D eigenvalue weighted by atomic mass is 10.2. The minimum absolute atomic E-state index is 0.0230. The Morgan fingerprint density at radius 3 is 2.67 bits per heavy atom. The van der Waals surface area contributed by atoms with Crippen molar-refractivity contribution in [2.24, 2.45) is 0 Å². The number of aromatic nitrogens is 5. The molecule has 0 atom stereocenters. The monoisotopic (exact) mass is 368 g/mol. The van der Waals surface area contributed by atoms with Gasteiger partial charge in [0.2, 0.25) is 0 Å². The van der Waals surface area contributed by atoms with Gasteiger partial charge in [-0.3, -0.25) is 13.9 Å². The normalized spacial score (nSPS) is 14.0. The summed E-state index contributed by atoms with van der Waals surface area (Å²) in [4.78, 5) is 37.8. The summed E-state index contributed by atoms with van der Waals surface area (Å²) in [6.45, 7) is 5.50. The van der Waals surface area contributed by atoms with Crippen LogP contribution in [-0.4, -0.2) is 30.6 Å². The second-order valence-corrected chi connectivity index (χ2v) is 6.98. The van der Waals surface area contributed by atoms with E-state index in [-0.39, 0.29) is 17.3 Å². The summed E-state index contributed by atoms with van der Waals surface area (Å²) in [6, 6.07) is 3.82. The van der Waals surface area contributed by atoms with Gasteiger partial charge in [-0.1, -0.05) is 13.8 Å². The van der Waals surface area contributed by atoms with Gasteiger partial charge in [0.1, 0.15) is 17.2 Å². The number of rotatable bonds is 7. The van der Waals surface area contributed by atoms with Crippen LogP contribution in [0.5, 0.6) is 0 Å². The smallest absolute Gasteiger partial charge is 0.333 e. The van der Waals surface area contributed by atoms with Gasteiger partial charge >= 0.3 is 5.69 Å². The van der Waals surface area contributed by atoms with Crippen LogP contribution in [-0.2, 0) is 6.54 Å². The molecule has 0 amide bonds. The standard InChI is InChI=1S/C19H24N6O2/c1-3-9-20-14-8-5-12(11-21-14)16-22-15-17(23-16)24(10-4-2)19(27)25(18(15)26)13-6-7-13/h5,8,11,13H,3-4,6-7,9-10H2,1-2H3,(H,20,21)(H,22,23). The van der Waals surface area contributed by atoms with Crippen LogP contribution in [0.15, 0.2) is 27.9 Å². The summed E-state index contributed by atoms with van der Waals surface area (Å²) in [5, 5.41) is 3.23. The van der Waals surface area contributed by atoms with Crippen molar-refractivity contribution in [1.82, 2.24) is 24.1 Å². The topological polar surface area (TPSA) is 97.6 Å². The predicted octanol–water partition coefficient (Wildman–Crippen LogP) is 2.52.